The molecule has 0 bridgehead atoms. The van der Waals surface area contributed by atoms with Crippen LogP contribution in [0.4, 0.5) is 0 Å². The van der Waals surface area contributed by atoms with Crippen molar-refractivity contribution in [1.82, 2.24) is 10.2 Å². The van der Waals surface area contributed by atoms with E-state index in [0.29, 0.717) is 0 Å². The van der Waals surface area contributed by atoms with Crippen LogP contribution in [0.3, 0.4) is 0 Å². The summed E-state index contributed by atoms with van der Waals surface area (Å²) < 4.78 is 0. The second-order valence-corrected chi connectivity index (χ2v) is 6.03. The molecule has 2 unspecified atom stereocenters. The predicted molar refractivity (Wildman–Crippen MR) is 65.3 cm³/mol. The lowest BCUT2D eigenvalue weighted by atomic mass is 9.94. The monoisotopic (exact) mass is 238 g/mol. The fourth-order valence-electron chi connectivity index (χ4n) is 2.62. The molecule has 4 heteroatoms. The molecular weight excluding hydrogens is 216 g/mol. The average molecular weight is 238 g/mol. The molecule has 1 aliphatic heterocycles. The molecule has 2 amide bonds. The number of carbonyl (C=O) groups is 2. The Hall–Kier alpha value is -1.06. The Balaban J connectivity index is 2.15. The summed E-state index contributed by atoms with van der Waals surface area (Å²) in [6, 6.07) is -0.181. The van der Waals surface area contributed by atoms with Gasteiger partial charge in [0, 0.05) is 6.04 Å². The molecule has 96 valence electrons. The molecule has 0 radical (unpaired) electrons. The summed E-state index contributed by atoms with van der Waals surface area (Å²) in [6.07, 6.45) is 3.58. The SMILES string of the molecule is CC(CC1CC1)N1C(=O)C(C)(C)NC(=O)C1C. The molecular formula is C13H22N2O2. The first-order valence-electron chi connectivity index (χ1n) is 6.47. The zero-order valence-electron chi connectivity index (χ0n) is 11.1. The molecule has 1 aliphatic carbocycles. The van der Waals surface area contributed by atoms with E-state index in [0.717, 1.165) is 12.3 Å². The number of amides is 2. The van der Waals surface area contributed by atoms with Crippen LogP contribution in [0.2, 0.25) is 0 Å². The average Bonchev–Trinajstić information content (AvgIpc) is 2.99. The molecule has 0 aromatic carbocycles. The largest absolute Gasteiger partial charge is 0.340 e. The number of nitrogens with one attached hydrogen (secondary N) is 1. The van der Waals surface area contributed by atoms with Crippen LogP contribution in [0.25, 0.3) is 0 Å². The highest BCUT2D eigenvalue weighted by Crippen LogP contribution is 2.35. The van der Waals surface area contributed by atoms with Crippen molar-refractivity contribution in [3.8, 4) is 0 Å². The van der Waals surface area contributed by atoms with Crippen LogP contribution in [-0.4, -0.2) is 34.3 Å². The van der Waals surface area contributed by atoms with Gasteiger partial charge >= 0.3 is 0 Å². The molecule has 1 saturated carbocycles. The maximum Gasteiger partial charge on any atom is 0.248 e. The third-order valence-electron chi connectivity index (χ3n) is 3.85. The van der Waals surface area contributed by atoms with Crippen LogP contribution in [-0.2, 0) is 9.59 Å². The summed E-state index contributed by atoms with van der Waals surface area (Å²) in [7, 11) is 0. The van der Waals surface area contributed by atoms with Crippen molar-refractivity contribution in [3.05, 3.63) is 0 Å². The van der Waals surface area contributed by atoms with Gasteiger partial charge in [0.25, 0.3) is 0 Å². The third kappa shape index (κ3) is 2.31. The summed E-state index contributed by atoms with van der Waals surface area (Å²) in [6.45, 7) is 7.42. The Morgan fingerprint density at radius 1 is 1.41 bits per heavy atom. The molecule has 4 nitrogen and oxygen atoms in total. The molecule has 1 N–H and O–H groups in total. The van der Waals surface area contributed by atoms with E-state index in [9.17, 15) is 9.59 Å². The van der Waals surface area contributed by atoms with E-state index in [1.807, 2.05) is 6.92 Å². The van der Waals surface area contributed by atoms with E-state index in [-0.39, 0.29) is 23.9 Å². The summed E-state index contributed by atoms with van der Waals surface area (Å²) in [4.78, 5) is 26.0. The molecule has 2 rings (SSSR count). The lowest BCUT2D eigenvalue weighted by Crippen LogP contribution is -2.69. The second kappa shape index (κ2) is 4.00. The Morgan fingerprint density at radius 3 is 2.53 bits per heavy atom. The van der Waals surface area contributed by atoms with Gasteiger partial charge in [-0.2, -0.15) is 0 Å². The van der Waals surface area contributed by atoms with E-state index < -0.39 is 5.54 Å². The van der Waals surface area contributed by atoms with Gasteiger partial charge in [-0.3, -0.25) is 9.59 Å². The summed E-state index contributed by atoms with van der Waals surface area (Å²) in [5.41, 5.74) is -0.762. The van der Waals surface area contributed by atoms with Crippen molar-refractivity contribution in [2.75, 3.05) is 0 Å². The van der Waals surface area contributed by atoms with Crippen LogP contribution < -0.4 is 5.32 Å². The zero-order chi connectivity index (χ0) is 12.8. The summed E-state index contributed by atoms with van der Waals surface area (Å²) >= 11 is 0. The van der Waals surface area contributed by atoms with E-state index in [1.165, 1.54) is 12.8 Å². The van der Waals surface area contributed by atoms with Crippen molar-refractivity contribution in [2.45, 2.75) is 64.6 Å². The first kappa shape index (κ1) is 12.4. The molecule has 1 saturated heterocycles. The molecule has 2 fully saturated rings. The highest BCUT2D eigenvalue weighted by molar-refractivity contribution is 5.99. The van der Waals surface area contributed by atoms with Crippen molar-refractivity contribution in [2.24, 2.45) is 5.92 Å². The van der Waals surface area contributed by atoms with Crippen LogP contribution >= 0.6 is 0 Å². The summed E-state index contributed by atoms with van der Waals surface area (Å²) in [5, 5.41) is 2.78. The van der Waals surface area contributed by atoms with Crippen molar-refractivity contribution in [3.63, 3.8) is 0 Å². The van der Waals surface area contributed by atoms with Crippen molar-refractivity contribution >= 4 is 11.8 Å². The minimum absolute atomic E-state index is 0.0396. The summed E-state index contributed by atoms with van der Waals surface area (Å²) in [5.74, 6) is 0.757. The molecule has 17 heavy (non-hydrogen) atoms. The van der Waals surface area contributed by atoms with E-state index in [2.05, 4.69) is 12.2 Å². The van der Waals surface area contributed by atoms with E-state index >= 15 is 0 Å². The Labute approximate surface area is 103 Å². The van der Waals surface area contributed by atoms with Gasteiger partial charge in [0.1, 0.15) is 11.6 Å². The van der Waals surface area contributed by atoms with Crippen LogP contribution in [0, 0.1) is 5.92 Å². The lowest BCUT2D eigenvalue weighted by molar-refractivity contribution is -0.155. The lowest BCUT2D eigenvalue weighted by Gasteiger charge is -2.44. The normalized spacial score (nSPS) is 30.1. The molecule has 0 spiro atoms. The van der Waals surface area contributed by atoms with Gasteiger partial charge in [0.05, 0.1) is 0 Å². The van der Waals surface area contributed by atoms with Crippen LogP contribution in [0.5, 0.6) is 0 Å². The van der Waals surface area contributed by atoms with Gasteiger partial charge in [0.2, 0.25) is 11.8 Å². The second-order valence-electron chi connectivity index (χ2n) is 6.03. The Kier molecular flexibility index (Phi) is 2.92. The Morgan fingerprint density at radius 2 is 2.00 bits per heavy atom. The minimum Gasteiger partial charge on any atom is -0.340 e. The Bertz CT molecular complexity index is 347. The van der Waals surface area contributed by atoms with Crippen LogP contribution in [0.15, 0.2) is 0 Å². The molecule has 0 aromatic rings. The molecule has 1 heterocycles. The fraction of sp³-hybridized carbons (Fsp3) is 0.846. The number of piperazine rings is 1. The maximum atomic E-state index is 12.4. The van der Waals surface area contributed by atoms with Crippen LogP contribution in [0.1, 0.15) is 47.0 Å². The minimum atomic E-state index is -0.762. The van der Waals surface area contributed by atoms with Gasteiger partial charge in [0.15, 0.2) is 0 Å². The first-order chi connectivity index (χ1) is 7.83. The predicted octanol–water partition coefficient (Wildman–Crippen LogP) is 1.30. The highest BCUT2D eigenvalue weighted by Gasteiger charge is 2.45. The van der Waals surface area contributed by atoms with Gasteiger partial charge in [-0.1, -0.05) is 12.8 Å². The first-order valence-corrected chi connectivity index (χ1v) is 6.47. The molecule has 0 aromatic heterocycles. The smallest absolute Gasteiger partial charge is 0.248 e. The zero-order valence-corrected chi connectivity index (χ0v) is 11.1. The quantitative estimate of drug-likeness (QED) is 0.805. The number of carbonyl (C=O) groups excluding carboxylic acids is 2. The van der Waals surface area contributed by atoms with Crippen molar-refractivity contribution < 1.29 is 9.59 Å². The van der Waals surface area contributed by atoms with Crippen molar-refractivity contribution in [1.29, 1.82) is 0 Å². The highest BCUT2D eigenvalue weighted by atomic mass is 16.2. The van der Waals surface area contributed by atoms with E-state index in [4.69, 9.17) is 0 Å². The standard InChI is InChI=1S/C13H22N2O2/c1-8(7-10-5-6-10)15-9(2)11(16)14-13(3,4)12(15)17/h8-10H,5-7H2,1-4H3,(H,14,16). The number of hydrogen-bond donors (Lipinski definition) is 1. The topological polar surface area (TPSA) is 49.4 Å². The van der Waals surface area contributed by atoms with E-state index in [1.54, 1.807) is 18.7 Å². The number of hydrogen-bond acceptors (Lipinski definition) is 2. The van der Waals surface area contributed by atoms with Gasteiger partial charge in [-0.15, -0.1) is 0 Å². The fourth-order valence-corrected chi connectivity index (χ4v) is 2.62. The number of rotatable bonds is 3. The van der Waals surface area contributed by atoms with Gasteiger partial charge in [-0.05, 0) is 40.0 Å². The maximum absolute atomic E-state index is 12.4. The van der Waals surface area contributed by atoms with Gasteiger partial charge < -0.3 is 10.2 Å². The molecule has 2 atom stereocenters. The number of nitrogens with zero attached hydrogens (tertiary/aromatic N) is 1. The molecule has 2 aliphatic rings. The van der Waals surface area contributed by atoms with Gasteiger partial charge in [-0.25, -0.2) is 0 Å². The third-order valence-corrected chi connectivity index (χ3v) is 3.85.